The van der Waals surface area contributed by atoms with Crippen molar-refractivity contribution in [3.8, 4) is 0 Å². The second-order valence-electron chi connectivity index (χ2n) is 10.2. The van der Waals surface area contributed by atoms with Gasteiger partial charge in [0.25, 0.3) is 0 Å². The summed E-state index contributed by atoms with van der Waals surface area (Å²) in [5, 5.41) is 0. The molecule has 0 amide bonds. The van der Waals surface area contributed by atoms with Crippen molar-refractivity contribution in [2.24, 2.45) is 0 Å². The van der Waals surface area contributed by atoms with Gasteiger partial charge in [0.2, 0.25) is 0 Å². The molecule has 1 aromatic carbocycles. The van der Waals surface area contributed by atoms with Crippen LogP contribution in [0.25, 0.3) is 0 Å². The van der Waals surface area contributed by atoms with Crippen molar-refractivity contribution in [1.29, 1.82) is 0 Å². The SMILES string of the molecule is CCCCCCCCCCCCCCCCCCCCOC(=O)c1ccccc1C(=O)OC(C)S(=O)(=O)[O-].[Na+]. The summed E-state index contributed by atoms with van der Waals surface area (Å²) in [7, 11) is -4.79. The smallest absolute Gasteiger partial charge is 0.745 e. The van der Waals surface area contributed by atoms with E-state index in [1.807, 2.05) is 0 Å². The van der Waals surface area contributed by atoms with Crippen molar-refractivity contribution in [2.75, 3.05) is 6.61 Å². The first-order valence-corrected chi connectivity index (χ1v) is 16.2. The summed E-state index contributed by atoms with van der Waals surface area (Å²) >= 11 is 0. The van der Waals surface area contributed by atoms with E-state index >= 15 is 0 Å². The molecule has 0 aliphatic rings. The third-order valence-corrected chi connectivity index (χ3v) is 7.69. The van der Waals surface area contributed by atoms with Gasteiger partial charge in [-0.3, -0.25) is 0 Å². The number of rotatable bonds is 23. The van der Waals surface area contributed by atoms with Crippen LogP contribution in [-0.2, 0) is 19.6 Å². The molecule has 1 aromatic rings. The van der Waals surface area contributed by atoms with Gasteiger partial charge in [0, 0.05) is 0 Å². The zero-order chi connectivity index (χ0) is 28.1. The number of esters is 2. The third-order valence-electron chi connectivity index (χ3n) is 6.78. The summed E-state index contributed by atoms with van der Waals surface area (Å²) in [6.07, 6.45) is 23.0. The van der Waals surface area contributed by atoms with Crippen molar-refractivity contribution in [1.82, 2.24) is 0 Å². The molecule has 0 bridgehead atoms. The number of unbranched alkanes of at least 4 members (excludes halogenated alkanes) is 17. The second kappa shape index (κ2) is 23.7. The van der Waals surface area contributed by atoms with E-state index in [2.05, 4.69) is 11.7 Å². The van der Waals surface area contributed by atoms with E-state index in [0.717, 1.165) is 26.2 Å². The monoisotopic (exact) mass is 576 g/mol. The van der Waals surface area contributed by atoms with Gasteiger partial charge in [-0.15, -0.1) is 0 Å². The fourth-order valence-electron chi connectivity index (χ4n) is 4.36. The maximum atomic E-state index is 12.4. The molecule has 0 fully saturated rings. The van der Waals surface area contributed by atoms with E-state index in [9.17, 15) is 22.6 Å². The minimum absolute atomic E-state index is 0. The van der Waals surface area contributed by atoms with Crippen molar-refractivity contribution in [2.45, 2.75) is 135 Å². The Balaban J connectivity index is 0.0000144. The van der Waals surface area contributed by atoms with Crippen LogP contribution in [0.15, 0.2) is 24.3 Å². The van der Waals surface area contributed by atoms with E-state index in [1.165, 1.54) is 115 Å². The molecule has 1 atom stereocenters. The van der Waals surface area contributed by atoms with Gasteiger partial charge >= 0.3 is 41.5 Å². The Labute approximate surface area is 259 Å². The molecule has 9 heteroatoms. The summed E-state index contributed by atoms with van der Waals surface area (Å²) in [5.74, 6) is -1.74. The van der Waals surface area contributed by atoms with E-state index in [-0.39, 0.29) is 47.3 Å². The normalized spacial score (nSPS) is 12.0. The van der Waals surface area contributed by atoms with Crippen LogP contribution < -0.4 is 29.6 Å². The average Bonchev–Trinajstić information content (AvgIpc) is 2.89. The molecule has 1 unspecified atom stereocenters. The first kappa shape index (κ1) is 38.1. The Bertz CT molecular complexity index is 889. The zero-order valence-corrected chi connectivity index (χ0v) is 27.4. The number of hydrogen-bond donors (Lipinski definition) is 0. The first-order chi connectivity index (χ1) is 18.3. The van der Waals surface area contributed by atoms with E-state index < -0.39 is 27.5 Å². The Kier molecular flexibility index (Phi) is 23.2. The largest absolute Gasteiger partial charge is 1.00 e. The van der Waals surface area contributed by atoms with E-state index in [0.29, 0.717) is 0 Å². The number of ether oxygens (including phenoxy) is 2. The molecule has 218 valence electrons. The van der Waals surface area contributed by atoms with Crippen molar-refractivity contribution >= 4 is 22.1 Å². The van der Waals surface area contributed by atoms with Gasteiger partial charge in [-0.05, 0) is 25.5 Å². The molecule has 7 nitrogen and oxygen atoms in total. The molecule has 0 aliphatic carbocycles. The van der Waals surface area contributed by atoms with Crippen molar-refractivity contribution in [3.05, 3.63) is 35.4 Å². The van der Waals surface area contributed by atoms with Crippen LogP contribution in [0.4, 0.5) is 0 Å². The molecule has 0 N–H and O–H groups in total. The predicted molar refractivity (Wildman–Crippen MR) is 150 cm³/mol. The number of hydrogen-bond acceptors (Lipinski definition) is 7. The maximum absolute atomic E-state index is 12.4. The van der Waals surface area contributed by atoms with Gasteiger partial charge in [0.1, 0.15) is 10.1 Å². The Morgan fingerprint density at radius 2 is 1.05 bits per heavy atom. The van der Waals surface area contributed by atoms with E-state index in [1.54, 1.807) is 6.07 Å². The Morgan fingerprint density at radius 3 is 1.44 bits per heavy atom. The molecule has 39 heavy (non-hydrogen) atoms. The van der Waals surface area contributed by atoms with Crippen LogP contribution in [-0.4, -0.2) is 37.0 Å². The van der Waals surface area contributed by atoms with Crippen LogP contribution in [0.3, 0.4) is 0 Å². The first-order valence-electron chi connectivity index (χ1n) is 14.7. The minimum Gasteiger partial charge on any atom is -0.745 e. The van der Waals surface area contributed by atoms with Gasteiger partial charge in [0.05, 0.1) is 17.7 Å². The van der Waals surface area contributed by atoms with Crippen LogP contribution >= 0.6 is 0 Å². The summed E-state index contributed by atoms with van der Waals surface area (Å²) in [5.41, 5.74) is -2.00. The molecule has 0 saturated carbocycles. The molecular weight excluding hydrogens is 527 g/mol. The summed E-state index contributed by atoms with van der Waals surface area (Å²) in [6.45, 7) is 3.48. The third kappa shape index (κ3) is 18.9. The van der Waals surface area contributed by atoms with Crippen LogP contribution in [0, 0.1) is 0 Å². The van der Waals surface area contributed by atoms with Gasteiger partial charge < -0.3 is 14.0 Å². The zero-order valence-electron chi connectivity index (χ0n) is 24.6. The van der Waals surface area contributed by atoms with Gasteiger partial charge in [0.15, 0.2) is 5.44 Å². The van der Waals surface area contributed by atoms with Gasteiger partial charge in [-0.25, -0.2) is 18.0 Å². The molecule has 0 spiro atoms. The fraction of sp³-hybridized carbons (Fsp3) is 0.733. The molecule has 0 heterocycles. The Morgan fingerprint density at radius 1 is 0.692 bits per heavy atom. The summed E-state index contributed by atoms with van der Waals surface area (Å²) in [4.78, 5) is 24.7. The second-order valence-corrected chi connectivity index (χ2v) is 11.8. The van der Waals surface area contributed by atoms with Crippen LogP contribution in [0.1, 0.15) is 150 Å². The average molecular weight is 577 g/mol. The summed E-state index contributed by atoms with van der Waals surface area (Å²) in [6, 6.07) is 5.82. The number of carbonyl (C=O) groups is 2. The maximum Gasteiger partial charge on any atom is 1.00 e. The quantitative estimate of drug-likeness (QED) is 0.0786. The van der Waals surface area contributed by atoms with Gasteiger partial charge in [-0.1, -0.05) is 128 Å². The number of benzene rings is 1. The topological polar surface area (TPSA) is 110 Å². The molecule has 0 aliphatic heterocycles. The van der Waals surface area contributed by atoms with Crippen LogP contribution in [0.2, 0.25) is 0 Å². The van der Waals surface area contributed by atoms with Crippen molar-refractivity contribution < 1.29 is 61.6 Å². The molecule has 0 radical (unpaired) electrons. The standard InChI is InChI=1S/C30H50O7S.Na/c1-3-4-5-6-7-8-9-10-11-12-13-14-15-16-17-18-19-22-25-36-29(31)27-23-20-21-24-28(27)30(32)37-26(2)38(33,34)35;/h20-21,23-24,26H,3-19,22,25H2,1-2H3,(H,33,34,35);/q;+1/p-1. The fourth-order valence-corrected chi connectivity index (χ4v) is 4.56. The minimum atomic E-state index is -4.79. The van der Waals surface area contributed by atoms with Crippen molar-refractivity contribution in [3.63, 3.8) is 0 Å². The predicted octanol–water partition coefficient (Wildman–Crippen LogP) is 4.94. The number of carbonyl (C=O) groups excluding carboxylic acids is 2. The van der Waals surface area contributed by atoms with Crippen LogP contribution in [0.5, 0.6) is 0 Å². The molecule has 0 saturated heterocycles. The molecular formula is C30H49NaO7S. The molecule has 1 rings (SSSR count). The Hall–Kier alpha value is -0.930. The van der Waals surface area contributed by atoms with E-state index in [4.69, 9.17) is 4.74 Å². The van der Waals surface area contributed by atoms with Gasteiger partial charge in [-0.2, -0.15) is 0 Å². The molecule has 0 aromatic heterocycles. The summed E-state index contributed by atoms with van der Waals surface area (Å²) < 4.78 is 43.0.